The van der Waals surface area contributed by atoms with Crippen molar-refractivity contribution in [2.75, 3.05) is 25.1 Å². The molecule has 1 aliphatic carbocycles. The first-order valence-corrected chi connectivity index (χ1v) is 12.6. The number of amides is 2. The average molecular weight is 470 g/mol. The van der Waals surface area contributed by atoms with E-state index in [2.05, 4.69) is 15.6 Å². The minimum absolute atomic E-state index is 0.131. The molecule has 168 valence electrons. The second-order valence-electron chi connectivity index (χ2n) is 7.60. The van der Waals surface area contributed by atoms with Crippen molar-refractivity contribution in [2.45, 2.75) is 39.5 Å². The van der Waals surface area contributed by atoms with E-state index >= 15 is 0 Å². The Morgan fingerprint density at radius 1 is 1.12 bits per heavy atom. The highest BCUT2D eigenvalue weighted by Gasteiger charge is 2.28. The number of nitrogens with zero attached hydrogens (tertiary/aromatic N) is 1. The number of nitrogens with one attached hydrogen (secondary N) is 2. The van der Waals surface area contributed by atoms with Crippen LogP contribution in [0.25, 0.3) is 10.4 Å². The molecule has 4 rings (SSSR count). The lowest BCUT2D eigenvalue weighted by Crippen LogP contribution is -2.27. The molecule has 2 N–H and O–H groups in total. The van der Waals surface area contributed by atoms with Crippen LogP contribution < -0.4 is 10.6 Å². The van der Waals surface area contributed by atoms with Gasteiger partial charge in [0, 0.05) is 24.6 Å². The quantitative estimate of drug-likeness (QED) is 0.429. The zero-order valence-corrected chi connectivity index (χ0v) is 20.0. The van der Waals surface area contributed by atoms with E-state index in [9.17, 15) is 9.59 Å². The maximum Gasteiger partial charge on any atom is 0.276 e. The highest BCUT2D eigenvalue weighted by molar-refractivity contribution is 7.17. The normalized spacial score (nSPS) is 12.6. The van der Waals surface area contributed by atoms with Gasteiger partial charge in [0.1, 0.15) is 10.7 Å². The predicted octanol–water partition coefficient (Wildman–Crippen LogP) is 5.08. The fraction of sp³-hybridized carbons (Fsp3) is 0.375. The number of thiazole rings is 1. The summed E-state index contributed by atoms with van der Waals surface area (Å²) in [6.45, 7) is 5.68. The van der Waals surface area contributed by atoms with E-state index in [1.165, 1.54) is 27.6 Å². The summed E-state index contributed by atoms with van der Waals surface area (Å²) in [6.07, 6.45) is 3.62. The number of ether oxygens (including phenoxy) is 1. The van der Waals surface area contributed by atoms with Crippen molar-refractivity contribution in [3.05, 3.63) is 57.0 Å². The fourth-order valence-corrected chi connectivity index (χ4v) is 6.07. The smallest absolute Gasteiger partial charge is 0.276 e. The van der Waals surface area contributed by atoms with Gasteiger partial charge in [-0.2, -0.15) is 0 Å². The Labute approximate surface area is 196 Å². The van der Waals surface area contributed by atoms with E-state index in [0.717, 1.165) is 46.7 Å². The molecule has 6 nitrogen and oxygen atoms in total. The zero-order chi connectivity index (χ0) is 22.5. The van der Waals surface area contributed by atoms with Crippen LogP contribution in [-0.4, -0.2) is 36.6 Å². The largest absolute Gasteiger partial charge is 0.382 e. The van der Waals surface area contributed by atoms with Crippen LogP contribution in [0.15, 0.2) is 30.3 Å². The molecule has 1 aromatic carbocycles. The number of rotatable bonds is 9. The molecule has 0 spiro atoms. The van der Waals surface area contributed by atoms with Gasteiger partial charge in [-0.05, 0) is 50.7 Å². The molecule has 32 heavy (non-hydrogen) atoms. The highest BCUT2D eigenvalue weighted by atomic mass is 32.1. The Morgan fingerprint density at radius 3 is 2.72 bits per heavy atom. The third kappa shape index (κ3) is 4.92. The molecule has 0 aliphatic heterocycles. The molecule has 0 atom stereocenters. The standard InChI is InChI=1S/C24H27N3O3S2/c1-3-30-14-8-13-25-22(28)19-17-11-7-12-18(17)32-24(19)27-23(29)20-21(31-15(2)26-20)16-9-5-4-6-10-16/h4-6,9-10H,3,7-8,11-14H2,1-2H3,(H,25,28)(H,27,29). The van der Waals surface area contributed by atoms with E-state index in [1.54, 1.807) is 0 Å². The van der Waals surface area contributed by atoms with Crippen molar-refractivity contribution in [1.29, 1.82) is 0 Å². The van der Waals surface area contributed by atoms with Gasteiger partial charge in [-0.3, -0.25) is 9.59 Å². The lowest BCUT2D eigenvalue weighted by molar-refractivity contribution is 0.0944. The van der Waals surface area contributed by atoms with Crippen LogP contribution in [0.4, 0.5) is 5.00 Å². The molecule has 2 amide bonds. The van der Waals surface area contributed by atoms with Crippen molar-refractivity contribution < 1.29 is 14.3 Å². The van der Waals surface area contributed by atoms with Gasteiger partial charge in [0.2, 0.25) is 0 Å². The second kappa shape index (κ2) is 10.4. The van der Waals surface area contributed by atoms with Crippen molar-refractivity contribution in [1.82, 2.24) is 10.3 Å². The fourth-order valence-electron chi connectivity index (χ4n) is 3.87. The summed E-state index contributed by atoms with van der Waals surface area (Å²) in [4.78, 5) is 32.8. The molecule has 0 unspecified atom stereocenters. The molecular formula is C24H27N3O3S2. The molecule has 0 radical (unpaired) electrons. The van der Waals surface area contributed by atoms with E-state index in [1.807, 2.05) is 44.2 Å². The monoisotopic (exact) mass is 469 g/mol. The van der Waals surface area contributed by atoms with Crippen LogP contribution in [0.5, 0.6) is 0 Å². The van der Waals surface area contributed by atoms with Crippen LogP contribution in [-0.2, 0) is 17.6 Å². The van der Waals surface area contributed by atoms with Gasteiger partial charge in [0.15, 0.2) is 0 Å². The Kier molecular flexibility index (Phi) is 7.34. The summed E-state index contributed by atoms with van der Waals surface area (Å²) in [6, 6.07) is 9.80. The van der Waals surface area contributed by atoms with E-state index < -0.39 is 0 Å². The Bertz CT molecular complexity index is 1110. The lowest BCUT2D eigenvalue weighted by atomic mass is 10.1. The maximum atomic E-state index is 13.2. The molecule has 2 aromatic heterocycles. The summed E-state index contributed by atoms with van der Waals surface area (Å²) in [5, 5.41) is 7.45. The van der Waals surface area contributed by atoms with Crippen LogP contribution in [0.1, 0.15) is 56.1 Å². The number of thiophene rings is 1. The average Bonchev–Trinajstić information content (AvgIpc) is 3.48. The van der Waals surface area contributed by atoms with Gasteiger partial charge in [0.05, 0.1) is 15.4 Å². The molecule has 8 heteroatoms. The third-order valence-electron chi connectivity index (χ3n) is 5.32. The number of aromatic nitrogens is 1. The van der Waals surface area contributed by atoms with Gasteiger partial charge >= 0.3 is 0 Å². The Hall–Kier alpha value is -2.55. The van der Waals surface area contributed by atoms with Gasteiger partial charge < -0.3 is 15.4 Å². The third-order valence-corrected chi connectivity index (χ3v) is 7.54. The number of fused-ring (bicyclic) bond motifs is 1. The van der Waals surface area contributed by atoms with E-state index in [-0.39, 0.29) is 11.8 Å². The lowest BCUT2D eigenvalue weighted by Gasteiger charge is -2.10. The molecule has 3 aromatic rings. The number of benzene rings is 1. The second-order valence-corrected chi connectivity index (χ2v) is 9.91. The van der Waals surface area contributed by atoms with Gasteiger partial charge in [-0.1, -0.05) is 30.3 Å². The Morgan fingerprint density at radius 2 is 1.94 bits per heavy atom. The summed E-state index contributed by atoms with van der Waals surface area (Å²) in [5.74, 6) is -0.410. The van der Waals surface area contributed by atoms with E-state index in [4.69, 9.17) is 4.74 Å². The van der Waals surface area contributed by atoms with Crippen molar-refractivity contribution in [3.63, 3.8) is 0 Å². The molecule has 1 aliphatic rings. The summed E-state index contributed by atoms with van der Waals surface area (Å²) in [7, 11) is 0. The minimum Gasteiger partial charge on any atom is -0.382 e. The van der Waals surface area contributed by atoms with Crippen molar-refractivity contribution >= 4 is 39.5 Å². The Balaban J connectivity index is 1.55. The van der Waals surface area contributed by atoms with Crippen LogP contribution in [0.3, 0.4) is 0 Å². The first kappa shape index (κ1) is 22.6. The molecule has 2 heterocycles. The highest BCUT2D eigenvalue weighted by Crippen LogP contribution is 2.40. The van der Waals surface area contributed by atoms with E-state index in [0.29, 0.717) is 36.0 Å². The molecule has 0 saturated heterocycles. The van der Waals surface area contributed by atoms with Crippen LogP contribution in [0.2, 0.25) is 0 Å². The van der Waals surface area contributed by atoms with Crippen LogP contribution >= 0.6 is 22.7 Å². The summed E-state index contributed by atoms with van der Waals surface area (Å²) < 4.78 is 5.34. The summed E-state index contributed by atoms with van der Waals surface area (Å²) >= 11 is 3.01. The minimum atomic E-state index is -0.279. The molecule has 0 bridgehead atoms. The molecular weight excluding hydrogens is 442 g/mol. The van der Waals surface area contributed by atoms with Crippen LogP contribution in [0, 0.1) is 6.92 Å². The number of carbonyl (C=O) groups excluding carboxylic acids is 2. The summed E-state index contributed by atoms with van der Waals surface area (Å²) in [5.41, 5.74) is 3.05. The topological polar surface area (TPSA) is 80.3 Å². The molecule has 0 saturated carbocycles. The van der Waals surface area contributed by atoms with Gasteiger partial charge in [-0.25, -0.2) is 4.98 Å². The first-order chi connectivity index (χ1) is 15.6. The number of hydrogen-bond donors (Lipinski definition) is 2. The zero-order valence-electron chi connectivity index (χ0n) is 18.3. The van der Waals surface area contributed by atoms with Gasteiger partial charge in [0.25, 0.3) is 11.8 Å². The number of anilines is 1. The van der Waals surface area contributed by atoms with Crippen molar-refractivity contribution in [3.8, 4) is 10.4 Å². The first-order valence-electron chi connectivity index (χ1n) is 10.9. The van der Waals surface area contributed by atoms with Gasteiger partial charge in [-0.15, -0.1) is 22.7 Å². The SMILES string of the molecule is CCOCCCNC(=O)c1c(NC(=O)c2nc(C)sc2-c2ccccc2)sc2c1CCC2. The maximum absolute atomic E-state index is 13.2. The number of aryl methyl sites for hydroxylation is 2. The predicted molar refractivity (Wildman–Crippen MR) is 130 cm³/mol. The number of hydrogen-bond acceptors (Lipinski definition) is 6. The molecule has 0 fully saturated rings. The number of carbonyl (C=O) groups is 2. The van der Waals surface area contributed by atoms with Crippen molar-refractivity contribution in [2.24, 2.45) is 0 Å².